The van der Waals surface area contributed by atoms with Crippen LogP contribution in [0.3, 0.4) is 0 Å². The highest BCUT2D eigenvalue weighted by Crippen LogP contribution is 2.36. The second-order valence-corrected chi connectivity index (χ2v) is 5.62. The van der Waals surface area contributed by atoms with E-state index in [9.17, 15) is 0 Å². The largest absolute Gasteiger partial charge is 0.495 e. The molecule has 1 aromatic heterocycles. The molecule has 0 amide bonds. The summed E-state index contributed by atoms with van der Waals surface area (Å²) in [6.07, 6.45) is -0.280. The maximum Gasteiger partial charge on any atom is 0.495 e. The average molecular weight is 282 g/mol. The lowest BCUT2D eigenvalue weighted by molar-refractivity contribution is 0.00578. The lowest BCUT2D eigenvalue weighted by Crippen LogP contribution is -2.41. The summed E-state index contributed by atoms with van der Waals surface area (Å²) in [6.45, 7) is 8.09. The third-order valence-corrected chi connectivity index (χ3v) is 3.60. The van der Waals surface area contributed by atoms with Crippen LogP contribution in [0.25, 0.3) is 0 Å². The number of nitrogens with zero attached hydrogens (tertiary/aromatic N) is 1. The highest BCUT2D eigenvalue weighted by Gasteiger charge is 2.51. The minimum absolute atomic E-state index is 0.0206. The molecule has 20 heavy (non-hydrogen) atoms. The van der Waals surface area contributed by atoms with Gasteiger partial charge in [0, 0.05) is 19.3 Å². The molecule has 1 aliphatic heterocycles. The topological polar surface area (TPSA) is 49.8 Å². The van der Waals surface area contributed by atoms with Crippen molar-refractivity contribution in [2.75, 3.05) is 20.3 Å². The number of methoxy groups -OCH3 is 1. The van der Waals surface area contributed by atoms with Gasteiger partial charge in [0.05, 0.1) is 21.9 Å². The van der Waals surface area contributed by atoms with Gasteiger partial charge in [-0.3, -0.25) is 0 Å². The predicted molar refractivity (Wildman–Crippen MR) is 77.3 cm³/mol. The normalized spacial score (nSPS) is 22.2. The molecule has 5 nitrogen and oxygen atoms in total. The van der Waals surface area contributed by atoms with Gasteiger partial charge < -0.3 is 18.8 Å². The minimum atomic E-state index is -0.906. The monoisotopic (exact) mass is 282 g/mol. The molecular weight excluding hydrogens is 257 g/mol. The van der Waals surface area contributed by atoms with Crippen molar-refractivity contribution in [2.45, 2.75) is 38.9 Å². The van der Waals surface area contributed by atoms with Gasteiger partial charge in [-0.25, -0.2) is 4.98 Å². The Kier molecular flexibility index (Phi) is 3.30. The first kappa shape index (κ1) is 11.5. The zero-order valence-electron chi connectivity index (χ0n) is 15.6. The van der Waals surface area contributed by atoms with Crippen molar-refractivity contribution in [2.24, 2.45) is 0 Å². The van der Waals surface area contributed by atoms with Gasteiger partial charge in [0.2, 0.25) is 5.88 Å². The molecule has 110 valence electrons. The fourth-order valence-electron chi connectivity index (χ4n) is 1.68. The zero-order chi connectivity index (χ0) is 17.4. The zero-order valence-corrected chi connectivity index (χ0v) is 12.6. The van der Waals surface area contributed by atoms with Crippen molar-refractivity contribution in [1.82, 2.24) is 4.98 Å². The molecular formula is C14H22BNO4. The highest BCUT2D eigenvalue weighted by atomic mass is 16.7. The van der Waals surface area contributed by atoms with Crippen molar-refractivity contribution < 1.29 is 22.9 Å². The van der Waals surface area contributed by atoms with Gasteiger partial charge in [0.1, 0.15) is 6.61 Å². The minimum Gasteiger partial charge on any atom is -0.475 e. The molecule has 2 heterocycles. The molecule has 0 aromatic carbocycles. The molecule has 1 saturated heterocycles. The second-order valence-electron chi connectivity index (χ2n) is 5.62. The highest BCUT2D eigenvalue weighted by molar-refractivity contribution is 6.62. The maximum atomic E-state index is 8.25. The van der Waals surface area contributed by atoms with E-state index in [2.05, 4.69) is 4.98 Å². The second kappa shape index (κ2) is 5.72. The average Bonchev–Trinajstić information content (AvgIpc) is 2.64. The van der Waals surface area contributed by atoms with Crippen LogP contribution in [0.2, 0.25) is 0 Å². The molecule has 0 bridgehead atoms. The molecule has 1 aliphatic rings. The van der Waals surface area contributed by atoms with Gasteiger partial charge in [-0.2, -0.15) is 0 Å². The summed E-state index contributed by atoms with van der Waals surface area (Å²) in [5.41, 5.74) is -1.03. The van der Waals surface area contributed by atoms with E-state index in [4.69, 9.17) is 22.9 Å². The molecule has 0 spiro atoms. The third-order valence-electron chi connectivity index (χ3n) is 3.60. The van der Waals surface area contributed by atoms with E-state index in [0.717, 1.165) is 0 Å². The standard InChI is InChI=1S/C14H22BNO4/c1-13(2)14(3,4)20-15(19-13)11-6-7-16-12(10-11)18-9-8-17-5/h6-7,10H,8-9H2,1-5H3/i6D,7D,10D. The number of hydrogen-bond donors (Lipinski definition) is 0. The van der Waals surface area contributed by atoms with Crippen molar-refractivity contribution in [1.29, 1.82) is 0 Å². The van der Waals surface area contributed by atoms with Crippen molar-refractivity contribution in [3.8, 4) is 5.88 Å². The van der Waals surface area contributed by atoms with Crippen LogP contribution in [0.1, 0.15) is 31.8 Å². The first-order valence-corrected chi connectivity index (χ1v) is 6.56. The predicted octanol–water partition coefficient (Wildman–Crippen LogP) is 1.41. The van der Waals surface area contributed by atoms with Crippen molar-refractivity contribution in [3.63, 3.8) is 0 Å². The first-order valence-electron chi connectivity index (χ1n) is 8.06. The van der Waals surface area contributed by atoms with E-state index < -0.39 is 18.3 Å². The molecule has 0 aliphatic carbocycles. The molecule has 0 N–H and O–H groups in total. The van der Waals surface area contributed by atoms with E-state index in [1.165, 1.54) is 7.11 Å². The number of hydrogen-bond acceptors (Lipinski definition) is 5. The quantitative estimate of drug-likeness (QED) is 0.603. The maximum absolute atomic E-state index is 8.25. The summed E-state index contributed by atoms with van der Waals surface area (Å²) in [7, 11) is 0.633. The van der Waals surface area contributed by atoms with Crippen LogP contribution < -0.4 is 10.2 Å². The van der Waals surface area contributed by atoms with E-state index in [-0.39, 0.29) is 36.2 Å². The van der Waals surface area contributed by atoms with Crippen LogP contribution in [0.15, 0.2) is 18.3 Å². The number of rotatable bonds is 5. The Hall–Kier alpha value is -1.11. The Bertz CT molecular complexity index is 582. The molecule has 0 saturated carbocycles. The lowest BCUT2D eigenvalue weighted by Gasteiger charge is -2.32. The summed E-state index contributed by atoms with van der Waals surface area (Å²) in [5, 5.41) is 0. The third kappa shape index (κ3) is 3.14. The van der Waals surface area contributed by atoms with E-state index in [0.29, 0.717) is 6.61 Å². The van der Waals surface area contributed by atoms with Crippen LogP contribution in [-0.2, 0) is 14.0 Å². The van der Waals surface area contributed by atoms with Crippen molar-refractivity contribution >= 4 is 12.6 Å². The van der Waals surface area contributed by atoms with Gasteiger partial charge in [0.25, 0.3) is 0 Å². The molecule has 1 aromatic rings. The van der Waals surface area contributed by atoms with Crippen LogP contribution in [0, 0.1) is 0 Å². The summed E-state index contributed by atoms with van der Waals surface area (Å²) in [5.74, 6) is -0.0206. The van der Waals surface area contributed by atoms with Crippen LogP contribution in [0.4, 0.5) is 0 Å². The Morgan fingerprint density at radius 3 is 2.50 bits per heavy atom. The van der Waals surface area contributed by atoms with Crippen LogP contribution in [0.5, 0.6) is 5.88 Å². The molecule has 0 unspecified atom stereocenters. The fraction of sp³-hybridized carbons (Fsp3) is 0.643. The number of pyridine rings is 1. The molecule has 0 radical (unpaired) electrons. The smallest absolute Gasteiger partial charge is 0.475 e. The van der Waals surface area contributed by atoms with Gasteiger partial charge in [-0.1, -0.05) is 0 Å². The van der Waals surface area contributed by atoms with E-state index >= 15 is 0 Å². The summed E-state index contributed by atoms with van der Waals surface area (Å²) >= 11 is 0. The van der Waals surface area contributed by atoms with Gasteiger partial charge in [0.15, 0.2) is 0 Å². The van der Waals surface area contributed by atoms with Gasteiger partial charge >= 0.3 is 7.12 Å². The number of ether oxygens (including phenoxy) is 2. The fourth-order valence-corrected chi connectivity index (χ4v) is 1.68. The van der Waals surface area contributed by atoms with Crippen LogP contribution >= 0.6 is 0 Å². The van der Waals surface area contributed by atoms with E-state index in [1.807, 2.05) is 27.7 Å². The van der Waals surface area contributed by atoms with Crippen molar-refractivity contribution in [3.05, 3.63) is 18.3 Å². The van der Waals surface area contributed by atoms with Crippen LogP contribution in [-0.4, -0.2) is 43.6 Å². The summed E-state index contributed by atoms with van der Waals surface area (Å²) < 4.78 is 46.2. The molecule has 0 atom stereocenters. The molecule has 1 fully saturated rings. The summed E-state index contributed by atoms with van der Waals surface area (Å²) in [4.78, 5) is 3.85. The first-order chi connectivity index (χ1) is 10.6. The Morgan fingerprint density at radius 2 is 1.90 bits per heavy atom. The summed E-state index contributed by atoms with van der Waals surface area (Å²) in [6, 6.07) is -0.284. The Balaban J connectivity index is 2.39. The van der Waals surface area contributed by atoms with E-state index in [1.54, 1.807) is 0 Å². The SMILES string of the molecule is [2H]c1nc(OCCOC)c([2H])c(B2OC(C)(C)C(C)(C)O2)c1[2H]. The molecule has 6 heteroatoms. The Morgan fingerprint density at radius 1 is 1.25 bits per heavy atom. The number of aromatic nitrogens is 1. The van der Waals surface area contributed by atoms with Gasteiger partial charge in [-0.15, -0.1) is 0 Å². The molecule has 2 rings (SSSR count). The lowest BCUT2D eigenvalue weighted by atomic mass is 9.80. The Labute approximate surface area is 124 Å². The van der Waals surface area contributed by atoms with Gasteiger partial charge in [-0.05, 0) is 39.2 Å².